The smallest absolute Gasteiger partial charge is 0.294 e. The van der Waals surface area contributed by atoms with Crippen LogP contribution in [0.3, 0.4) is 0 Å². The predicted molar refractivity (Wildman–Crippen MR) is 169 cm³/mol. The molecule has 0 fully saturated rings. The highest BCUT2D eigenvalue weighted by Crippen LogP contribution is 2.49. The summed E-state index contributed by atoms with van der Waals surface area (Å²) in [6.07, 6.45) is 0. The van der Waals surface area contributed by atoms with Crippen molar-refractivity contribution >= 4 is 137 Å². The Morgan fingerprint density at radius 2 is 1.27 bits per heavy atom. The molecule has 2 amide bonds. The van der Waals surface area contributed by atoms with Crippen LogP contribution in [0.4, 0.5) is 5.69 Å². The monoisotopic (exact) mass is 750 g/mol. The van der Waals surface area contributed by atoms with Crippen molar-refractivity contribution in [2.75, 3.05) is 4.90 Å². The molecule has 17 heteroatoms. The number of anilines is 1. The quantitative estimate of drug-likeness (QED) is 0.0916. The summed E-state index contributed by atoms with van der Waals surface area (Å²) in [6.45, 7) is 1.54. The molecular weight excluding hydrogens is 745 g/mol. The fourth-order valence-corrected chi connectivity index (χ4v) is 7.41. The lowest BCUT2D eigenvalue weighted by Gasteiger charge is -2.18. The third-order valence-corrected chi connectivity index (χ3v) is 11.2. The summed E-state index contributed by atoms with van der Waals surface area (Å²) < 4.78 is 34.2. The molecule has 1 aliphatic carbocycles. The van der Waals surface area contributed by atoms with Gasteiger partial charge in [-0.1, -0.05) is 87.3 Å². The van der Waals surface area contributed by atoms with Crippen LogP contribution < -0.4 is 4.90 Å². The van der Waals surface area contributed by atoms with Crippen LogP contribution in [0, 0.1) is 6.92 Å². The molecule has 44 heavy (non-hydrogen) atoms. The number of hydrogen-bond acceptors (Lipinski definition) is 7. The van der Waals surface area contributed by atoms with E-state index in [-0.39, 0.29) is 68.5 Å². The van der Waals surface area contributed by atoms with E-state index in [4.69, 9.17) is 81.2 Å². The van der Waals surface area contributed by atoms with Crippen molar-refractivity contribution < 1.29 is 32.5 Å². The molecule has 6 rings (SSSR count). The number of rotatable bonds is 3. The number of hydrogen-bond donors (Lipinski definition) is 2. The van der Waals surface area contributed by atoms with Gasteiger partial charge >= 0.3 is 0 Å². The third kappa shape index (κ3) is 4.28. The van der Waals surface area contributed by atoms with E-state index in [1.807, 2.05) is 0 Å². The van der Waals surface area contributed by atoms with Gasteiger partial charge in [0, 0.05) is 10.9 Å². The predicted octanol–water partition coefficient (Wildman–Crippen LogP) is 8.79. The number of carbonyl (C=O) groups excluding carboxylic acids is 3. The summed E-state index contributed by atoms with van der Waals surface area (Å²) in [5, 5.41) is 9.63. The van der Waals surface area contributed by atoms with Crippen LogP contribution in [0.2, 0.25) is 35.2 Å². The van der Waals surface area contributed by atoms with Crippen LogP contribution in [0.5, 0.6) is 0 Å². The maximum Gasteiger partial charge on any atom is 0.294 e. The van der Waals surface area contributed by atoms with Crippen molar-refractivity contribution in [3.05, 3.63) is 92.9 Å². The van der Waals surface area contributed by atoms with Crippen molar-refractivity contribution in [2.45, 2.75) is 11.8 Å². The van der Waals surface area contributed by atoms with Gasteiger partial charge in [-0.25, -0.2) is 9.88 Å². The molecule has 0 unspecified atom stereocenters. The molecule has 0 radical (unpaired) electrons. The Hall–Kier alpha value is -2.64. The first kappa shape index (κ1) is 31.3. The highest BCUT2D eigenvalue weighted by molar-refractivity contribution is 7.85. The van der Waals surface area contributed by atoms with Gasteiger partial charge in [-0.05, 0) is 30.7 Å². The van der Waals surface area contributed by atoms with Crippen LogP contribution in [0.15, 0.2) is 29.2 Å². The largest absolute Gasteiger partial charge is 0.506 e. The number of Topliss-reactive ketones (excluding diaryl/α,β-unsaturated/α-hetero) is 1. The van der Waals surface area contributed by atoms with Crippen molar-refractivity contribution in [1.82, 2.24) is 4.98 Å². The molecule has 1 aromatic heterocycles. The number of aromatic nitrogens is 1. The topological polar surface area (TPSA) is 142 Å². The third-order valence-electron chi connectivity index (χ3n) is 7.11. The van der Waals surface area contributed by atoms with Crippen molar-refractivity contribution in [3.8, 4) is 0 Å². The zero-order valence-corrected chi connectivity index (χ0v) is 27.3. The first-order chi connectivity index (χ1) is 20.5. The molecule has 4 aromatic rings. The average molecular weight is 754 g/mol. The molecule has 0 bridgehead atoms. The lowest BCUT2D eigenvalue weighted by atomic mass is 10.0. The lowest BCUT2D eigenvalue weighted by Crippen LogP contribution is -2.30. The molecule has 0 saturated heterocycles. The fourth-order valence-electron chi connectivity index (χ4n) is 5.02. The minimum Gasteiger partial charge on any atom is -0.506 e. The van der Waals surface area contributed by atoms with E-state index in [1.54, 1.807) is 6.92 Å². The van der Waals surface area contributed by atoms with Gasteiger partial charge in [-0.3, -0.25) is 18.9 Å². The van der Waals surface area contributed by atoms with Gasteiger partial charge in [0.15, 0.2) is 0 Å². The Balaban J connectivity index is 1.63. The molecule has 2 N–H and O–H groups in total. The number of aliphatic hydroxyl groups is 1. The first-order valence-corrected chi connectivity index (χ1v) is 15.9. The lowest BCUT2D eigenvalue weighted by molar-refractivity contribution is 0.0925. The molecule has 0 atom stereocenters. The van der Waals surface area contributed by atoms with Gasteiger partial charge in [-0.15, -0.1) is 0 Å². The molecule has 9 nitrogen and oxygen atoms in total. The second kappa shape index (κ2) is 10.4. The summed E-state index contributed by atoms with van der Waals surface area (Å²) in [6, 6.07) is 4.39. The summed E-state index contributed by atoms with van der Waals surface area (Å²) in [7, 11) is -4.89. The van der Waals surface area contributed by atoms with E-state index >= 15 is 0 Å². The van der Waals surface area contributed by atoms with Crippen molar-refractivity contribution in [1.29, 1.82) is 0 Å². The maximum atomic E-state index is 13.7. The number of fused-ring (bicyclic) bond motifs is 3. The van der Waals surface area contributed by atoms with E-state index in [0.717, 1.165) is 12.1 Å². The van der Waals surface area contributed by atoms with Gasteiger partial charge in [0.1, 0.15) is 5.76 Å². The van der Waals surface area contributed by atoms with E-state index in [0.29, 0.717) is 10.5 Å². The van der Waals surface area contributed by atoms with Crippen LogP contribution in [-0.4, -0.2) is 40.7 Å². The van der Waals surface area contributed by atoms with Crippen LogP contribution >= 0.6 is 81.2 Å². The number of benzene rings is 3. The van der Waals surface area contributed by atoms with E-state index < -0.39 is 55.2 Å². The highest BCUT2D eigenvalue weighted by Gasteiger charge is 2.44. The normalized spacial score (nSPS) is 14.8. The second-order valence-electron chi connectivity index (χ2n) is 9.51. The Labute approximate surface area is 282 Å². The Kier molecular flexibility index (Phi) is 7.44. The highest BCUT2D eigenvalue weighted by atomic mass is 35.5. The van der Waals surface area contributed by atoms with Crippen molar-refractivity contribution in [3.63, 3.8) is 0 Å². The van der Waals surface area contributed by atoms with E-state index in [9.17, 15) is 32.5 Å². The van der Waals surface area contributed by atoms with E-state index in [1.165, 1.54) is 12.1 Å². The van der Waals surface area contributed by atoms with Crippen molar-refractivity contribution in [2.24, 2.45) is 0 Å². The van der Waals surface area contributed by atoms with Gasteiger partial charge in [0.2, 0.25) is 5.78 Å². The number of pyridine rings is 1. The molecule has 0 saturated carbocycles. The molecule has 3 aromatic carbocycles. The zero-order valence-electron chi connectivity index (χ0n) is 21.2. The molecular formula is C27H9Cl7N2O7S. The number of amides is 2. The first-order valence-electron chi connectivity index (χ1n) is 11.8. The fraction of sp³-hybridized carbons (Fsp3) is 0.0370. The minimum absolute atomic E-state index is 0.00157. The summed E-state index contributed by atoms with van der Waals surface area (Å²) in [4.78, 5) is 45.1. The molecule has 224 valence electrons. The standard InChI is InChI=1S/C27H9Cl7N2O7S/c1-6-16(28)12-13(18(30)17(6)29)25(38)11(24(12)37)9-3-2-7-4-8(44(41,42)43)5-10(23(7)35-9)36-26(39)14-15(27(36)40)20(32)22(34)21(33)19(14)31/h2-5,37H,1H3,(H,41,42,43). The Morgan fingerprint density at radius 1 is 0.727 bits per heavy atom. The second-order valence-corrected chi connectivity index (χ2v) is 13.6. The number of carbonyl (C=O) groups is 3. The van der Waals surface area contributed by atoms with Gasteiger partial charge in [0.25, 0.3) is 21.9 Å². The van der Waals surface area contributed by atoms with Gasteiger partial charge < -0.3 is 5.11 Å². The summed E-state index contributed by atoms with van der Waals surface area (Å²) >= 11 is 43.7. The molecule has 1 aliphatic heterocycles. The minimum atomic E-state index is -4.89. The van der Waals surface area contributed by atoms with Gasteiger partial charge in [0.05, 0.1) is 79.2 Å². The van der Waals surface area contributed by atoms with Crippen LogP contribution in [-0.2, 0) is 10.1 Å². The summed E-state index contributed by atoms with van der Waals surface area (Å²) in [5.41, 5.74) is -1.90. The molecule has 2 aliphatic rings. The average Bonchev–Trinajstić information content (AvgIpc) is 3.39. The zero-order chi connectivity index (χ0) is 32.3. The number of imide groups is 1. The van der Waals surface area contributed by atoms with Gasteiger partial charge in [-0.2, -0.15) is 8.42 Å². The number of ketones is 1. The number of nitrogens with zero attached hydrogens (tertiary/aromatic N) is 2. The maximum absolute atomic E-state index is 13.7. The Morgan fingerprint density at radius 3 is 1.82 bits per heavy atom. The molecule has 2 heterocycles. The number of aliphatic hydroxyl groups excluding tert-OH is 1. The number of halogens is 7. The van der Waals surface area contributed by atoms with Crippen LogP contribution in [0.25, 0.3) is 22.2 Å². The number of allylic oxidation sites excluding steroid dienone is 1. The Bertz CT molecular complexity index is 2220. The summed E-state index contributed by atoms with van der Waals surface area (Å²) in [5.74, 6) is -3.47. The van der Waals surface area contributed by atoms with Crippen LogP contribution in [0.1, 0.15) is 47.9 Å². The molecule has 0 spiro atoms. The van der Waals surface area contributed by atoms with E-state index in [2.05, 4.69) is 4.98 Å². The SMILES string of the molecule is Cc1c(Cl)c(Cl)c2c(c1Cl)C(O)=C(c1ccc3cc(S(=O)(=O)O)cc(N4C(=O)c5c(Cl)c(Cl)c(Cl)c(Cl)c5C4=O)c3n1)C2=O.